The molecule has 0 aromatic heterocycles. The summed E-state index contributed by atoms with van der Waals surface area (Å²) in [5, 5.41) is 0. The molecule has 1 heterocycles. The van der Waals surface area contributed by atoms with Gasteiger partial charge in [-0.25, -0.2) is 9.79 Å². The van der Waals surface area contributed by atoms with Crippen LogP contribution in [0.4, 0.5) is 0 Å². The average Bonchev–Trinajstić information content (AvgIpc) is 2.90. The van der Waals surface area contributed by atoms with Crippen LogP contribution in [0.3, 0.4) is 0 Å². The first-order valence-corrected chi connectivity index (χ1v) is 7.88. The zero-order valence-corrected chi connectivity index (χ0v) is 14.2. The van der Waals surface area contributed by atoms with Crippen molar-refractivity contribution in [1.82, 2.24) is 0 Å². The van der Waals surface area contributed by atoms with E-state index in [4.69, 9.17) is 9.47 Å². The quantitative estimate of drug-likeness (QED) is 0.458. The summed E-state index contributed by atoms with van der Waals surface area (Å²) >= 11 is 3.41. The lowest BCUT2D eigenvalue weighted by atomic mass is 10.2. The maximum atomic E-state index is 12.0. The summed E-state index contributed by atoms with van der Waals surface area (Å²) in [7, 11) is 0. The molecule has 0 fully saturated rings. The maximum absolute atomic E-state index is 12.0. The van der Waals surface area contributed by atoms with Gasteiger partial charge in [0.1, 0.15) is 5.75 Å². The molecule has 3 rings (SSSR count). The van der Waals surface area contributed by atoms with Crippen LogP contribution in [0.25, 0.3) is 6.08 Å². The van der Waals surface area contributed by atoms with Crippen LogP contribution >= 0.6 is 15.9 Å². The zero-order valence-electron chi connectivity index (χ0n) is 12.7. The molecule has 0 saturated heterocycles. The highest BCUT2D eigenvalue weighted by atomic mass is 79.9. The summed E-state index contributed by atoms with van der Waals surface area (Å²) in [5.74, 6) is -0.195. The third kappa shape index (κ3) is 3.60. The monoisotopic (exact) mass is 385 g/mol. The SMILES string of the molecule is CC(=O)Oc1ccc(C=C2N=C(c3ccccc3Br)OC2=O)cc1. The van der Waals surface area contributed by atoms with E-state index in [9.17, 15) is 9.59 Å². The van der Waals surface area contributed by atoms with Gasteiger partial charge in [-0.1, -0.05) is 24.3 Å². The number of cyclic esters (lactones) is 1. The van der Waals surface area contributed by atoms with Crippen LogP contribution in [0.5, 0.6) is 5.75 Å². The lowest BCUT2D eigenvalue weighted by Crippen LogP contribution is -2.05. The number of halogens is 1. The highest BCUT2D eigenvalue weighted by molar-refractivity contribution is 9.10. The molecule has 5 nitrogen and oxygen atoms in total. The number of esters is 2. The molecular weight excluding hydrogens is 374 g/mol. The minimum atomic E-state index is -0.509. The second-order valence-corrected chi connectivity index (χ2v) is 5.83. The van der Waals surface area contributed by atoms with Crippen molar-refractivity contribution >= 4 is 39.8 Å². The van der Waals surface area contributed by atoms with Crippen molar-refractivity contribution < 1.29 is 19.1 Å². The molecule has 2 aromatic rings. The Morgan fingerprint density at radius 1 is 1.17 bits per heavy atom. The molecule has 0 N–H and O–H groups in total. The maximum Gasteiger partial charge on any atom is 0.363 e. The number of nitrogens with zero attached hydrogens (tertiary/aromatic N) is 1. The van der Waals surface area contributed by atoms with Gasteiger partial charge in [-0.2, -0.15) is 0 Å². The van der Waals surface area contributed by atoms with Crippen molar-refractivity contribution in [2.45, 2.75) is 6.92 Å². The molecule has 0 unspecified atom stereocenters. The van der Waals surface area contributed by atoms with Gasteiger partial charge < -0.3 is 9.47 Å². The van der Waals surface area contributed by atoms with E-state index in [1.165, 1.54) is 6.92 Å². The molecule has 0 radical (unpaired) electrons. The summed E-state index contributed by atoms with van der Waals surface area (Å²) < 4.78 is 11.0. The fraction of sp³-hybridized carbons (Fsp3) is 0.0556. The van der Waals surface area contributed by atoms with Gasteiger partial charge in [0.15, 0.2) is 5.70 Å². The molecule has 24 heavy (non-hydrogen) atoms. The van der Waals surface area contributed by atoms with Crippen molar-refractivity contribution in [2.75, 3.05) is 0 Å². The number of benzene rings is 2. The van der Waals surface area contributed by atoms with Crippen molar-refractivity contribution in [1.29, 1.82) is 0 Å². The van der Waals surface area contributed by atoms with Crippen molar-refractivity contribution in [3.8, 4) is 5.75 Å². The molecular formula is C18H12BrNO4. The van der Waals surface area contributed by atoms with Crippen LogP contribution in [0, 0.1) is 0 Å². The van der Waals surface area contributed by atoms with E-state index < -0.39 is 5.97 Å². The van der Waals surface area contributed by atoms with Gasteiger partial charge in [-0.15, -0.1) is 0 Å². The van der Waals surface area contributed by atoms with E-state index in [0.717, 1.165) is 10.0 Å². The summed E-state index contributed by atoms with van der Waals surface area (Å²) in [4.78, 5) is 27.2. The molecule has 6 heteroatoms. The lowest BCUT2D eigenvalue weighted by Gasteiger charge is -2.01. The van der Waals surface area contributed by atoms with Gasteiger partial charge in [0.05, 0.1) is 5.56 Å². The van der Waals surface area contributed by atoms with Crippen LogP contribution in [0.1, 0.15) is 18.1 Å². The predicted octanol–water partition coefficient (Wildman–Crippen LogP) is 3.72. The van der Waals surface area contributed by atoms with Crippen LogP contribution < -0.4 is 4.74 Å². The van der Waals surface area contributed by atoms with Crippen LogP contribution in [-0.2, 0) is 14.3 Å². The number of rotatable bonds is 3. The van der Waals surface area contributed by atoms with Crippen LogP contribution in [0.2, 0.25) is 0 Å². The van der Waals surface area contributed by atoms with E-state index >= 15 is 0 Å². The van der Waals surface area contributed by atoms with Gasteiger partial charge >= 0.3 is 11.9 Å². The number of carbonyl (C=O) groups excluding carboxylic acids is 2. The fourth-order valence-corrected chi connectivity index (χ4v) is 2.57. The molecule has 120 valence electrons. The molecule has 1 aliphatic heterocycles. The molecule has 0 amide bonds. The Labute approximate surface area is 146 Å². The lowest BCUT2D eigenvalue weighted by molar-refractivity contribution is -0.132. The standard InChI is InChI=1S/C18H12BrNO4/c1-11(21)23-13-8-6-12(7-9-13)10-16-18(22)24-17(20-16)14-4-2-3-5-15(14)19/h2-10H,1H3. The first-order valence-electron chi connectivity index (χ1n) is 7.09. The Balaban J connectivity index is 1.86. The van der Waals surface area contributed by atoms with E-state index in [1.807, 2.05) is 24.3 Å². The molecule has 0 bridgehead atoms. The molecule has 0 atom stereocenters. The minimum Gasteiger partial charge on any atom is -0.427 e. The van der Waals surface area contributed by atoms with Crippen molar-refractivity contribution in [3.05, 3.63) is 69.8 Å². The second-order valence-electron chi connectivity index (χ2n) is 4.98. The number of hydrogen-bond donors (Lipinski definition) is 0. The summed E-state index contributed by atoms with van der Waals surface area (Å²) in [6, 6.07) is 14.1. The van der Waals surface area contributed by atoms with E-state index in [1.54, 1.807) is 30.3 Å². The number of ether oxygens (including phenoxy) is 2. The Kier molecular flexibility index (Phi) is 4.57. The molecule has 2 aromatic carbocycles. The van der Waals surface area contributed by atoms with Crippen LogP contribution in [0.15, 0.2) is 63.7 Å². The number of aliphatic imine (C=N–C) groups is 1. The highest BCUT2D eigenvalue weighted by Gasteiger charge is 2.25. The predicted molar refractivity (Wildman–Crippen MR) is 92.5 cm³/mol. The molecule has 0 aliphatic carbocycles. The fourth-order valence-electron chi connectivity index (χ4n) is 2.11. The Morgan fingerprint density at radius 3 is 2.54 bits per heavy atom. The first kappa shape index (κ1) is 16.1. The van der Waals surface area contributed by atoms with Crippen molar-refractivity contribution in [3.63, 3.8) is 0 Å². The molecule has 1 aliphatic rings. The van der Waals surface area contributed by atoms with E-state index in [-0.39, 0.29) is 17.6 Å². The highest BCUT2D eigenvalue weighted by Crippen LogP contribution is 2.24. The van der Waals surface area contributed by atoms with Gasteiger partial charge in [0.25, 0.3) is 0 Å². The van der Waals surface area contributed by atoms with Crippen LogP contribution in [-0.4, -0.2) is 17.8 Å². The summed E-state index contributed by atoms with van der Waals surface area (Å²) in [6.45, 7) is 1.34. The van der Waals surface area contributed by atoms with Crippen molar-refractivity contribution in [2.24, 2.45) is 4.99 Å². The largest absolute Gasteiger partial charge is 0.427 e. The topological polar surface area (TPSA) is 65.0 Å². The molecule has 0 saturated carbocycles. The number of hydrogen-bond acceptors (Lipinski definition) is 5. The Morgan fingerprint density at radius 2 is 1.88 bits per heavy atom. The Hall–Kier alpha value is -2.73. The van der Waals surface area contributed by atoms with E-state index in [0.29, 0.717) is 11.3 Å². The third-order valence-corrected chi connectivity index (χ3v) is 3.86. The van der Waals surface area contributed by atoms with Gasteiger partial charge in [0, 0.05) is 11.4 Å². The minimum absolute atomic E-state index is 0.209. The van der Waals surface area contributed by atoms with Gasteiger partial charge in [-0.05, 0) is 51.8 Å². The third-order valence-electron chi connectivity index (χ3n) is 3.17. The zero-order chi connectivity index (χ0) is 17.1. The van der Waals surface area contributed by atoms with E-state index in [2.05, 4.69) is 20.9 Å². The molecule has 0 spiro atoms. The van der Waals surface area contributed by atoms with Gasteiger partial charge in [0.2, 0.25) is 5.90 Å². The first-order chi connectivity index (χ1) is 11.5. The number of carbonyl (C=O) groups is 2. The smallest absolute Gasteiger partial charge is 0.363 e. The normalized spacial score (nSPS) is 15.2. The van der Waals surface area contributed by atoms with Gasteiger partial charge in [-0.3, -0.25) is 4.79 Å². The summed E-state index contributed by atoms with van der Waals surface area (Å²) in [6.07, 6.45) is 1.61. The second kappa shape index (κ2) is 6.80. The average molecular weight is 386 g/mol. The Bertz CT molecular complexity index is 869. The summed E-state index contributed by atoms with van der Waals surface area (Å²) in [5.41, 5.74) is 1.66.